The van der Waals surface area contributed by atoms with Crippen molar-refractivity contribution in [2.24, 2.45) is 0 Å². The summed E-state index contributed by atoms with van der Waals surface area (Å²) >= 11 is 4.40. The van der Waals surface area contributed by atoms with E-state index in [0.29, 0.717) is 11.8 Å². The Kier molecular flexibility index (Phi) is 49.7. The van der Waals surface area contributed by atoms with Crippen molar-refractivity contribution in [2.45, 2.75) is 0 Å². The van der Waals surface area contributed by atoms with E-state index in [1.54, 1.807) is 18.1 Å². The van der Waals surface area contributed by atoms with Gasteiger partial charge >= 0.3 is 46.9 Å². The fraction of sp³-hybridized carbons (Fsp3) is 0. The Balaban J connectivity index is -0.0000000200. The molecule has 0 aromatic rings. The van der Waals surface area contributed by atoms with Crippen LogP contribution in [0.1, 0.15) is 0 Å². The van der Waals surface area contributed by atoms with Gasteiger partial charge in [0.15, 0.2) is 0 Å². The molecule has 1 radical (unpaired) electrons. The summed E-state index contributed by atoms with van der Waals surface area (Å²) in [5, 5.41) is 0. The van der Waals surface area contributed by atoms with E-state index in [1.807, 2.05) is 0 Å². The van der Waals surface area contributed by atoms with Gasteiger partial charge in [0, 0.05) is 48.2 Å². The molecule has 0 bridgehead atoms. The van der Waals surface area contributed by atoms with Crippen molar-refractivity contribution in [1.29, 1.82) is 0 Å². The van der Waals surface area contributed by atoms with Gasteiger partial charge in [0.2, 0.25) is 0 Å². The molecule has 0 unspecified atom stereocenters. The molecule has 0 rings (SSSR count). The summed E-state index contributed by atoms with van der Waals surface area (Å²) in [4.78, 5) is 0. The predicted molar refractivity (Wildman–Crippen MR) is 0 cm³/mol. The molecule has 0 aliphatic heterocycles. The third-order valence-electron chi connectivity index (χ3n) is 0. The Morgan fingerprint density at radius 1 is 1.60 bits per heavy atom. The molecule has 0 spiro atoms. The van der Waals surface area contributed by atoms with Crippen LogP contribution in [0.15, 0.2) is 0 Å². The SMILES string of the molecule is [Hf].[Mo][Re][Ta].[Nb]. The van der Waals surface area contributed by atoms with Gasteiger partial charge in [0.1, 0.15) is 0 Å². The van der Waals surface area contributed by atoms with E-state index in [2.05, 4.69) is 17.0 Å². The minimum atomic E-state index is 0. The largest absolute Gasteiger partial charge is 0 e. The average Bonchev–Trinajstić information content (AvgIpc) is 0.918. The topological polar surface area (TPSA) is 0 Å². The first-order valence-corrected chi connectivity index (χ1v) is 18.8. The Morgan fingerprint density at radius 3 is 1.60 bits per heavy atom. The molecule has 0 saturated heterocycles. The molecule has 0 aliphatic rings. The zero-order chi connectivity index (χ0) is 2.71. The van der Waals surface area contributed by atoms with Gasteiger partial charge in [0.05, 0.1) is 0 Å². The van der Waals surface area contributed by atoms with Crippen LogP contribution in [0.2, 0.25) is 0 Å². The van der Waals surface area contributed by atoms with E-state index in [1.165, 1.54) is 0 Å². The number of rotatable bonds is 0. The molecule has 5 heavy (non-hydrogen) atoms. The van der Waals surface area contributed by atoms with Gasteiger partial charge < -0.3 is 0 Å². The van der Waals surface area contributed by atoms with Crippen molar-refractivity contribution in [2.75, 3.05) is 0 Å². The van der Waals surface area contributed by atoms with Gasteiger partial charge in [-0.05, 0) is 0 Å². The van der Waals surface area contributed by atoms with Crippen LogP contribution in [-0.2, 0) is 95.1 Å². The summed E-state index contributed by atoms with van der Waals surface area (Å²) < 4.78 is 0. The van der Waals surface area contributed by atoms with E-state index < -0.39 is 0 Å². The van der Waals surface area contributed by atoms with Crippen LogP contribution in [0.5, 0.6) is 0 Å². The molecule has 0 aromatic heterocycles. The van der Waals surface area contributed by atoms with Gasteiger partial charge in [-0.3, -0.25) is 0 Å². The van der Waals surface area contributed by atoms with Crippen LogP contribution in [0.25, 0.3) is 0 Å². The number of hydrogen-bond donors (Lipinski definition) is 0. The third-order valence-corrected chi connectivity index (χ3v) is 0. The van der Waals surface area contributed by atoms with E-state index in [4.69, 9.17) is 0 Å². The predicted octanol–water partition coefficient (Wildman–Crippen LogP) is -0.0125. The van der Waals surface area contributed by atoms with Crippen molar-refractivity contribution < 1.29 is 95.1 Å². The molecular weight excluding hydrogens is 734 g/mol. The van der Waals surface area contributed by atoms with Crippen molar-refractivity contribution in [3.8, 4) is 0 Å². The minimum Gasteiger partial charge on any atom is 0 e. The van der Waals surface area contributed by atoms with Crippen LogP contribution in [0, 0.1) is 0 Å². The molecule has 27 valence electrons. The fourth-order valence-electron chi connectivity index (χ4n) is 0. The van der Waals surface area contributed by atoms with Gasteiger partial charge in [-0.2, -0.15) is 0 Å². The Hall–Kier alpha value is 3.70. The average molecular weight is 734 g/mol. The maximum absolute atomic E-state index is 2.27. The first-order chi connectivity index (χ1) is 1.41. The van der Waals surface area contributed by atoms with Gasteiger partial charge in [0.25, 0.3) is 0 Å². The molecule has 0 nitrogen and oxygen atoms in total. The second kappa shape index (κ2) is 15.6. The zero-order valence-electron chi connectivity index (χ0n) is 2.18. The molecule has 0 N–H and O–H groups in total. The molecule has 5 heteroatoms. The van der Waals surface area contributed by atoms with Gasteiger partial charge in [-0.25, -0.2) is 0 Å². The Morgan fingerprint density at radius 2 is 1.60 bits per heavy atom. The van der Waals surface area contributed by atoms with Crippen LogP contribution in [0.3, 0.4) is 0 Å². The molecule has 0 amide bonds. The van der Waals surface area contributed by atoms with E-state index in [-0.39, 0.29) is 48.2 Å². The van der Waals surface area contributed by atoms with Crippen molar-refractivity contribution >= 4 is 0 Å². The summed E-state index contributed by atoms with van der Waals surface area (Å²) in [6.45, 7) is 0. The van der Waals surface area contributed by atoms with E-state index in [0.717, 1.165) is 0 Å². The molecule has 0 saturated carbocycles. The van der Waals surface area contributed by atoms with Gasteiger partial charge in [-0.15, -0.1) is 0 Å². The third kappa shape index (κ3) is 18.3. The summed E-state index contributed by atoms with van der Waals surface area (Å²) in [7, 11) is 0. The second-order valence-corrected chi connectivity index (χ2v) is 27.4. The molecule has 0 heterocycles. The van der Waals surface area contributed by atoms with Crippen LogP contribution >= 0.6 is 0 Å². The standard InChI is InChI=1S/Hf.Mo.Nb.Re.Ta. The summed E-state index contributed by atoms with van der Waals surface area (Å²) in [5.74, 6) is 0. The first-order valence-electron chi connectivity index (χ1n) is 0.323. The normalized spacial score (nSPS) is 3.20. The maximum Gasteiger partial charge on any atom is 0 e. The molecule has 0 aliphatic carbocycles. The van der Waals surface area contributed by atoms with Crippen molar-refractivity contribution in [3.63, 3.8) is 0 Å². The van der Waals surface area contributed by atoms with Crippen LogP contribution < -0.4 is 0 Å². The van der Waals surface area contributed by atoms with Crippen molar-refractivity contribution in [1.82, 2.24) is 0 Å². The monoisotopic (exact) mass is 739 g/mol. The van der Waals surface area contributed by atoms with Crippen molar-refractivity contribution in [3.05, 3.63) is 0 Å². The molecule has 0 fully saturated rings. The smallest absolute Gasteiger partial charge is 0 e. The van der Waals surface area contributed by atoms with Gasteiger partial charge in [-0.1, -0.05) is 0 Å². The summed E-state index contributed by atoms with van der Waals surface area (Å²) in [6.07, 6.45) is 0. The van der Waals surface area contributed by atoms with E-state index >= 15 is 0 Å². The number of hydrogen-bond acceptors (Lipinski definition) is 0. The minimum absolute atomic E-state index is 0. The Labute approximate surface area is 92.7 Å². The van der Waals surface area contributed by atoms with Crippen LogP contribution in [-0.4, -0.2) is 0 Å². The zero-order valence-corrected chi connectivity index (χ0v) is 15.9. The summed E-state index contributed by atoms with van der Waals surface area (Å²) in [6, 6.07) is 0. The maximum atomic E-state index is 2.27. The Bertz CT molecular complexity index is 11.6. The molecule has 0 aromatic carbocycles. The van der Waals surface area contributed by atoms with Crippen LogP contribution in [0.4, 0.5) is 0 Å². The first kappa shape index (κ1) is 15.9. The summed E-state index contributed by atoms with van der Waals surface area (Å²) in [5.41, 5.74) is 0. The fourth-order valence-corrected chi connectivity index (χ4v) is 0. The second-order valence-electron chi connectivity index (χ2n) is 0.0690. The molecule has 0 atom stereocenters. The molecular formula is HfMoNbReTa. The van der Waals surface area contributed by atoms with E-state index in [9.17, 15) is 0 Å². The quantitative estimate of drug-likeness (QED) is 0.308.